The van der Waals surface area contributed by atoms with Crippen molar-refractivity contribution in [2.75, 3.05) is 6.26 Å². The first-order valence-corrected chi connectivity index (χ1v) is 7.71. The van der Waals surface area contributed by atoms with Crippen LogP contribution in [-0.2, 0) is 10.8 Å². The van der Waals surface area contributed by atoms with Crippen molar-refractivity contribution in [1.82, 2.24) is 0 Å². The van der Waals surface area contributed by atoms with E-state index in [9.17, 15) is 4.21 Å². The monoisotopic (exact) mass is 328 g/mol. The van der Waals surface area contributed by atoms with Crippen LogP contribution in [0.2, 0.25) is 5.02 Å². The standard InChI is InChI=1S/C13H10BrClOS/c1-17(16)13-10(6-4-8-12(13)15)9-5-2-3-7-11(9)14/h2-8H,1H3. The fourth-order valence-corrected chi connectivity index (χ4v) is 3.52. The molecule has 0 bridgehead atoms. The van der Waals surface area contributed by atoms with Crippen LogP contribution in [0.5, 0.6) is 0 Å². The molecule has 0 heterocycles. The Hall–Kier alpha value is -0.640. The second-order valence-electron chi connectivity index (χ2n) is 3.55. The average molecular weight is 330 g/mol. The van der Waals surface area contributed by atoms with E-state index < -0.39 is 10.8 Å². The molecule has 2 rings (SSSR count). The number of hydrogen-bond donors (Lipinski definition) is 0. The highest BCUT2D eigenvalue weighted by Crippen LogP contribution is 2.35. The molecule has 1 unspecified atom stereocenters. The van der Waals surface area contributed by atoms with Crippen molar-refractivity contribution in [3.8, 4) is 11.1 Å². The van der Waals surface area contributed by atoms with E-state index in [-0.39, 0.29) is 0 Å². The van der Waals surface area contributed by atoms with Gasteiger partial charge in [0, 0.05) is 16.3 Å². The molecule has 1 nitrogen and oxygen atoms in total. The van der Waals surface area contributed by atoms with E-state index in [1.165, 1.54) is 0 Å². The van der Waals surface area contributed by atoms with Crippen molar-refractivity contribution in [2.45, 2.75) is 4.90 Å². The van der Waals surface area contributed by atoms with Crippen LogP contribution in [-0.4, -0.2) is 10.5 Å². The van der Waals surface area contributed by atoms with Gasteiger partial charge in [-0.15, -0.1) is 0 Å². The molecule has 17 heavy (non-hydrogen) atoms. The Kier molecular flexibility index (Phi) is 4.02. The largest absolute Gasteiger partial charge is 0.255 e. The van der Waals surface area contributed by atoms with Gasteiger partial charge in [-0.3, -0.25) is 4.21 Å². The fraction of sp³-hybridized carbons (Fsp3) is 0.0769. The van der Waals surface area contributed by atoms with Crippen molar-refractivity contribution >= 4 is 38.3 Å². The minimum Gasteiger partial charge on any atom is -0.255 e. The molecule has 0 N–H and O–H groups in total. The first-order valence-electron chi connectivity index (χ1n) is 4.98. The molecule has 0 amide bonds. The van der Waals surface area contributed by atoms with Crippen LogP contribution in [0.15, 0.2) is 51.8 Å². The molecular weight excluding hydrogens is 320 g/mol. The van der Waals surface area contributed by atoms with Gasteiger partial charge < -0.3 is 0 Å². The topological polar surface area (TPSA) is 17.1 Å². The third-order valence-corrected chi connectivity index (χ3v) is 4.55. The third-order valence-electron chi connectivity index (χ3n) is 2.42. The normalized spacial score (nSPS) is 12.4. The summed E-state index contributed by atoms with van der Waals surface area (Å²) in [4.78, 5) is 0.682. The molecule has 4 heteroatoms. The molecule has 88 valence electrons. The van der Waals surface area contributed by atoms with Gasteiger partial charge in [0.05, 0.1) is 20.7 Å². The molecule has 0 aliphatic carbocycles. The Morgan fingerprint density at radius 3 is 2.35 bits per heavy atom. The first-order chi connectivity index (χ1) is 8.11. The Morgan fingerprint density at radius 2 is 1.71 bits per heavy atom. The minimum absolute atomic E-state index is 0.541. The van der Waals surface area contributed by atoms with Crippen molar-refractivity contribution in [1.29, 1.82) is 0 Å². The van der Waals surface area contributed by atoms with Gasteiger partial charge in [0.1, 0.15) is 0 Å². The molecule has 0 fully saturated rings. The number of hydrogen-bond acceptors (Lipinski definition) is 1. The summed E-state index contributed by atoms with van der Waals surface area (Å²) >= 11 is 9.62. The number of rotatable bonds is 2. The summed E-state index contributed by atoms with van der Waals surface area (Å²) in [6.07, 6.45) is 1.64. The number of benzene rings is 2. The van der Waals surface area contributed by atoms with Crippen LogP contribution < -0.4 is 0 Å². The molecule has 0 saturated carbocycles. The molecule has 0 saturated heterocycles. The molecule has 0 aromatic heterocycles. The summed E-state index contributed by atoms with van der Waals surface area (Å²) < 4.78 is 12.7. The van der Waals surface area contributed by atoms with Gasteiger partial charge in [-0.1, -0.05) is 57.9 Å². The van der Waals surface area contributed by atoms with Gasteiger partial charge in [0.2, 0.25) is 0 Å². The van der Waals surface area contributed by atoms with Crippen LogP contribution in [0.1, 0.15) is 0 Å². The molecule has 0 radical (unpaired) electrons. The van der Waals surface area contributed by atoms with E-state index >= 15 is 0 Å². The van der Waals surface area contributed by atoms with E-state index in [4.69, 9.17) is 11.6 Å². The molecule has 0 spiro atoms. The predicted molar refractivity (Wildman–Crippen MR) is 76.9 cm³/mol. The number of halogens is 2. The van der Waals surface area contributed by atoms with Crippen LogP contribution in [0.25, 0.3) is 11.1 Å². The van der Waals surface area contributed by atoms with Gasteiger partial charge >= 0.3 is 0 Å². The van der Waals surface area contributed by atoms with Gasteiger partial charge in [0.15, 0.2) is 0 Å². The highest BCUT2D eigenvalue weighted by atomic mass is 79.9. The zero-order valence-corrected chi connectivity index (χ0v) is 12.3. The summed E-state index contributed by atoms with van der Waals surface area (Å²) in [5.74, 6) is 0. The molecular formula is C13H10BrClOS. The second kappa shape index (κ2) is 5.34. The third kappa shape index (κ3) is 2.62. The highest BCUT2D eigenvalue weighted by molar-refractivity contribution is 9.10. The van der Waals surface area contributed by atoms with E-state index in [1.807, 2.05) is 36.4 Å². The van der Waals surface area contributed by atoms with E-state index in [0.717, 1.165) is 15.6 Å². The van der Waals surface area contributed by atoms with E-state index in [1.54, 1.807) is 12.3 Å². The van der Waals surface area contributed by atoms with Crippen LogP contribution in [0, 0.1) is 0 Å². The van der Waals surface area contributed by atoms with Crippen LogP contribution >= 0.6 is 27.5 Å². The SMILES string of the molecule is CS(=O)c1c(Cl)cccc1-c1ccccc1Br. The zero-order chi connectivity index (χ0) is 12.4. The lowest BCUT2D eigenvalue weighted by atomic mass is 10.1. The van der Waals surface area contributed by atoms with E-state index in [0.29, 0.717) is 9.92 Å². The maximum Gasteiger partial charge on any atom is 0.0650 e. The van der Waals surface area contributed by atoms with Crippen molar-refractivity contribution < 1.29 is 4.21 Å². The van der Waals surface area contributed by atoms with Gasteiger partial charge in [-0.2, -0.15) is 0 Å². The molecule has 2 aromatic carbocycles. The lowest BCUT2D eigenvalue weighted by molar-refractivity contribution is 0.687. The minimum atomic E-state index is -1.11. The van der Waals surface area contributed by atoms with Crippen molar-refractivity contribution in [2.24, 2.45) is 0 Å². The fourth-order valence-electron chi connectivity index (χ4n) is 1.69. The maximum atomic E-state index is 11.8. The van der Waals surface area contributed by atoms with Crippen LogP contribution in [0.3, 0.4) is 0 Å². The molecule has 2 aromatic rings. The summed E-state index contributed by atoms with van der Waals surface area (Å²) in [5.41, 5.74) is 1.91. The lowest BCUT2D eigenvalue weighted by Gasteiger charge is -2.10. The quantitative estimate of drug-likeness (QED) is 0.792. The van der Waals surface area contributed by atoms with Gasteiger partial charge in [0.25, 0.3) is 0 Å². The first kappa shape index (κ1) is 12.8. The molecule has 0 aliphatic rings. The summed E-state index contributed by atoms with van der Waals surface area (Å²) in [6.45, 7) is 0. The molecule has 1 atom stereocenters. The molecule has 0 aliphatic heterocycles. The smallest absolute Gasteiger partial charge is 0.0650 e. The average Bonchev–Trinajstić information content (AvgIpc) is 2.28. The Balaban J connectivity index is 2.72. The van der Waals surface area contributed by atoms with Crippen molar-refractivity contribution in [3.05, 3.63) is 52.0 Å². The van der Waals surface area contributed by atoms with Gasteiger partial charge in [-0.05, 0) is 17.7 Å². The highest BCUT2D eigenvalue weighted by Gasteiger charge is 2.13. The Morgan fingerprint density at radius 1 is 1.06 bits per heavy atom. The van der Waals surface area contributed by atoms with Gasteiger partial charge in [-0.25, -0.2) is 0 Å². The predicted octanol–water partition coefficient (Wildman–Crippen LogP) is 4.51. The Labute approximate surface area is 116 Å². The second-order valence-corrected chi connectivity index (χ2v) is 6.13. The maximum absolute atomic E-state index is 11.8. The summed E-state index contributed by atoms with van der Waals surface area (Å²) in [6, 6.07) is 13.4. The zero-order valence-electron chi connectivity index (χ0n) is 9.11. The summed E-state index contributed by atoms with van der Waals surface area (Å²) in [5, 5.41) is 0.541. The van der Waals surface area contributed by atoms with Crippen LogP contribution in [0.4, 0.5) is 0 Å². The Bertz CT molecular complexity index is 583. The summed E-state index contributed by atoms with van der Waals surface area (Å²) in [7, 11) is -1.11. The lowest BCUT2D eigenvalue weighted by Crippen LogP contribution is -1.94. The van der Waals surface area contributed by atoms with Crippen molar-refractivity contribution in [3.63, 3.8) is 0 Å². The van der Waals surface area contributed by atoms with E-state index in [2.05, 4.69) is 15.9 Å².